The van der Waals surface area contributed by atoms with Crippen molar-refractivity contribution in [2.24, 2.45) is 10.9 Å². The predicted molar refractivity (Wildman–Crippen MR) is 125 cm³/mol. The van der Waals surface area contributed by atoms with E-state index >= 15 is 0 Å². The molecule has 5 nitrogen and oxygen atoms in total. The second kappa shape index (κ2) is 12.0. The summed E-state index contributed by atoms with van der Waals surface area (Å²) >= 11 is 0. The monoisotopic (exact) mass is 521 g/mol. The quantitative estimate of drug-likeness (QED) is 0.355. The highest BCUT2D eigenvalue weighted by atomic mass is 127. The van der Waals surface area contributed by atoms with Gasteiger partial charge in [0.15, 0.2) is 5.96 Å². The summed E-state index contributed by atoms with van der Waals surface area (Å²) in [4.78, 5) is 8.86. The van der Waals surface area contributed by atoms with Gasteiger partial charge in [0.25, 0.3) is 0 Å². The Bertz CT molecular complexity index is 652. The van der Waals surface area contributed by atoms with Crippen LogP contribution in [0.2, 0.25) is 0 Å². The van der Waals surface area contributed by atoms with Crippen molar-refractivity contribution in [1.82, 2.24) is 20.4 Å². The summed E-state index contributed by atoms with van der Waals surface area (Å²) in [5, 5.41) is 6.96. The van der Waals surface area contributed by atoms with E-state index in [4.69, 9.17) is 0 Å². The average molecular weight is 521 g/mol. The van der Waals surface area contributed by atoms with E-state index in [0.717, 1.165) is 45.0 Å². The Kier molecular flexibility index (Phi) is 10.0. The molecule has 8 heteroatoms. The molecule has 0 aromatic heterocycles. The van der Waals surface area contributed by atoms with Gasteiger partial charge in [0.1, 0.15) is 11.6 Å². The van der Waals surface area contributed by atoms with E-state index in [-0.39, 0.29) is 35.6 Å². The first kappa shape index (κ1) is 24.3. The molecule has 2 fully saturated rings. The molecule has 1 aromatic carbocycles. The van der Waals surface area contributed by atoms with E-state index in [2.05, 4.69) is 32.5 Å². The lowest BCUT2D eigenvalue weighted by atomic mass is 9.98. The van der Waals surface area contributed by atoms with Crippen molar-refractivity contribution < 1.29 is 8.78 Å². The summed E-state index contributed by atoms with van der Waals surface area (Å²) in [5.41, 5.74) is 0.159. The molecular weight excluding hydrogens is 487 g/mol. The molecule has 2 N–H and O–H groups in total. The standard InChI is InChI=1S/C21H33F2N5.HI/c1-24-21(25-12-16-6-4-10-27(2)13-16)26-17-7-5-11-28(14-17)15-18-19(22)8-3-9-20(18)23;/h3,8-9,16-17H,4-7,10-15H2,1-2H3,(H2,24,25,26);1H. The van der Waals surface area contributed by atoms with Crippen molar-refractivity contribution in [2.75, 3.05) is 46.8 Å². The minimum atomic E-state index is -0.468. The van der Waals surface area contributed by atoms with Gasteiger partial charge in [0, 0.05) is 44.8 Å². The Balaban J connectivity index is 0.00000300. The third kappa shape index (κ3) is 7.32. The molecule has 2 unspecified atom stereocenters. The van der Waals surface area contributed by atoms with Crippen LogP contribution in [0.25, 0.3) is 0 Å². The Morgan fingerprint density at radius 2 is 1.86 bits per heavy atom. The molecule has 2 aliphatic heterocycles. The van der Waals surface area contributed by atoms with Crippen molar-refractivity contribution in [2.45, 2.75) is 38.3 Å². The zero-order valence-corrected chi connectivity index (χ0v) is 19.8. The van der Waals surface area contributed by atoms with Gasteiger partial charge >= 0.3 is 0 Å². The third-order valence-corrected chi connectivity index (χ3v) is 5.79. The van der Waals surface area contributed by atoms with Gasteiger partial charge in [0.05, 0.1) is 0 Å². The molecule has 3 rings (SSSR count). The third-order valence-electron chi connectivity index (χ3n) is 5.79. The number of nitrogens with zero attached hydrogens (tertiary/aromatic N) is 3. The molecular formula is C21H34F2IN5. The average Bonchev–Trinajstić information content (AvgIpc) is 2.68. The van der Waals surface area contributed by atoms with E-state index in [1.807, 2.05) is 0 Å². The number of halogens is 3. The highest BCUT2D eigenvalue weighted by Crippen LogP contribution is 2.18. The predicted octanol–water partition coefficient (Wildman–Crippen LogP) is 3.05. The summed E-state index contributed by atoms with van der Waals surface area (Å²) in [7, 11) is 3.96. The summed E-state index contributed by atoms with van der Waals surface area (Å²) in [6.45, 7) is 5.13. The molecule has 29 heavy (non-hydrogen) atoms. The van der Waals surface area contributed by atoms with Crippen molar-refractivity contribution in [1.29, 1.82) is 0 Å². The number of hydrogen-bond donors (Lipinski definition) is 2. The first-order valence-corrected chi connectivity index (χ1v) is 10.4. The Morgan fingerprint density at radius 1 is 1.14 bits per heavy atom. The van der Waals surface area contributed by atoms with Crippen LogP contribution in [0.3, 0.4) is 0 Å². The Morgan fingerprint density at radius 3 is 2.55 bits per heavy atom. The molecule has 1 aromatic rings. The van der Waals surface area contributed by atoms with Gasteiger partial charge in [-0.3, -0.25) is 9.89 Å². The van der Waals surface area contributed by atoms with Crippen LogP contribution in [0.4, 0.5) is 8.78 Å². The zero-order chi connectivity index (χ0) is 19.9. The number of piperidine rings is 2. The minimum Gasteiger partial charge on any atom is -0.356 e. The SMILES string of the molecule is CN=C(NCC1CCCN(C)C1)NC1CCCN(Cc2c(F)cccc2F)C1.I. The van der Waals surface area contributed by atoms with Gasteiger partial charge in [-0.25, -0.2) is 8.78 Å². The number of hydrogen-bond acceptors (Lipinski definition) is 3. The largest absolute Gasteiger partial charge is 0.356 e. The van der Waals surface area contributed by atoms with E-state index in [1.165, 1.54) is 37.6 Å². The van der Waals surface area contributed by atoms with Crippen LogP contribution in [0, 0.1) is 17.6 Å². The fourth-order valence-electron chi connectivity index (χ4n) is 4.29. The smallest absolute Gasteiger partial charge is 0.191 e. The highest BCUT2D eigenvalue weighted by molar-refractivity contribution is 14.0. The highest BCUT2D eigenvalue weighted by Gasteiger charge is 2.23. The van der Waals surface area contributed by atoms with E-state index < -0.39 is 11.6 Å². The molecule has 2 atom stereocenters. The molecule has 2 saturated heterocycles. The summed E-state index contributed by atoms with van der Waals surface area (Å²) in [5.74, 6) is 0.524. The van der Waals surface area contributed by atoms with Crippen LogP contribution in [0.5, 0.6) is 0 Å². The van der Waals surface area contributed by atoms with Crippen LogP contribution in [0.15, 0.2) is 23.2 Å². The maximum atomic E-state index is 14.0. The van der Waals surface area contributed by atoms with Gasteiger partial charge in [-0.15, -0.1) is 24.0 Å². The molecule has 164 valence electrons. The number of aliphatic imine (C=N–C) groups is 1. The molecule has 0 bridgehead atoms. The fraction of sp³-hybridized carbons (Fsp3) is 0.667. The van der Waals surface area contributed by atoms with Crippen molar-refractivity contribution in [3.63, 3.8) is 0 Å². The molecule has 0 saturated carbocycles. The van der Waals surface area contributed by atoms with Crippen molar-refractivity contribution in [3.05, 3.63) is 35.4 Å². The Hall–Kier alpha value is -1.000. The van der Waals surface area contributed by atoms with Crippen LogP contribution in [-0.4, -0.2) is 68.6 Å². The van der Waals surface area contributed by atoms with Crippen LogP contribution >= 0.6 is 24.0 Å². The van der Waals surface area contributed by atoms with Gasteiger partial charge in [0.2, 0.25) is 0 Å². The molecule has 0 aliphatic carbocycles. The van der Waals surface area contributed by atoms with Crippen LogP contribution < -0.4 is 10.6 Å². The van der Waals surface area contributed by atoms with E-state index in [9.17, 15) is 8.78 Å². The van der Waals surface area contributed by atoms with Crippen molar-refractivity contribution >= 4 is 29.9 Å². The molecule has 0 radical (unpaired) electrons. The minimum absolute atomic E-state index is 0. The van der Waals surface area contributed by atoms with Crippen molar-refractivity contribution in [3.8, 4) is 0 Å². The lowest BCUT2D eigenvalue weighted by Gasteiger charge is -2.34. The number of likely N-dealkylation sites (tertiary alicyclic amines) is 2. The van der Waals surface area contributed by atoms with Gasteiger partial charge in [-0.05, 0) is 63.9 Å². The second-order valence-electron chi connectivity index (χ2n) is 8.14. The number of guanidine groups is 1. The molecule has 2 aliphatic rings. The lowest BCUT2D eigenvalue weighted by molar-refractivity contribution is 0.187. The summed E-state index contributed by atoms with van der Waals surface area (Å²) < 4.78 is 27.9. The van der Waals surface area contributed by atoms with Gasteiger partial charge in [-0.1, -0.05) is 6.07 Å². The topological polar surface area (TPSA) is 42.9 Å². The molecule has 2 heterocycles. The maximum absolute atomic E-state index is 14.0. The zero-order valence-electron chi connectivity index (χ0n) is 17.5. The molecule has 0 amide bonds. The van der Waals surface area contributed by atoms with E-state index in [0.29, 0.717) is 12.5 Å². The first-order chi connectivity index (χ1) is 13.5. The summed E-state index contributed by atoms with van der Waals surface area (Å²) in [6.07, 6.45) is 4.53. The van der Waals surface area contributed by atoms with Crippen LogP contribution in [-0.2, 0) is 6.54 Å². The summed E-state index contributed by atoms with van der Waals surface area (Å²) in [6, 6.07) is 4.29. The fourth-order valence-corrected chi connectivity index (χ4v) is 4.29. The molecule has 0 spiro atoms. The van der Waals surface area contributed by atoms with Gasteiger partial charge in [-0.2, -0.15) is 0 Å². The normalized spacial score (nSPS) is 24.1. The Labute approximate surface area is 190 Å². The number of benzene rings is 1. The first-order valence-electron chi connectivity index (χ1n) is 10.4. The number of nitrogens with one attached hydrogen (secondary N) is 2. The maximum Gasteiger partial charge on any atom is 0.191 e. The van der Waals surface area contributed by atoms with Gasteiger partial charge < -0.3 is 15.5 Å². The second-order valence-corrected chi connectivity index (χ2v) is 8.14. The van der Waals surface area contributed by atoms with E-state index in [1.54, 1.807) is 7.05 Å². The van der Waals surface area contributed by atoms with Crippen LogP contribution in [0.1, 0.15) is 31.2 Å². The number of rotatable bonds is 5. The lowest BCUT2D eigenvalue weighted by Crippen LogP contribution is -2.52.